The Labute approximate surface area is 261 Å². The number of benzene rings is 6. The first-order chi connectivity index (χ1) is 18.9. The molecule has 0 saturated carbocycles. The number of rotatable bonds is 6. The van der Waals surface area contributed by atoms with Gasteiger partial charge >= 0.3 is 0 Å². The molecule has 0 aliphatic rings. The van der Waals surface area contributed by atoms with Gasteiger partial charge in [0.1, 0.15) is 0 Å². The van der Waals surface area contributed by atoms with Crippen LogP contribution in [0.25, 0.3) is 0 Å². The van der Waals surface area contributed by atoms with Gasteiger partial charge in [0.2, 0.25) is 0 Å². The van der Waals surface area contributed by atoms with Crippen LogP contribution in [0.5, 0.6) is 0 Å². The third-order valence-corrected chi connectivity index (χ3v) is 11.0. The SMILES string of the molecule is Cl.[Pt].c1ccc(P(c2ccccc2)c2ccccc2)cc1.c1ccc(P(c2ccccc2)c2ccccc2)cc1. The van der Waals surface area contributed by atoms with E-state index in [1.54, 1.807) is 0 Å². The smallest absolute Gasteiger partial charge is 0 e. The van der Waals surface area contributed by atoms with Crippen LogP contribution in [-0.2, 0) is 21.1 Å². The fourth-order valence-corrected chi connectivity index (χ4v) is 8.97. The van der Waals surface area contributed by atoms with Gasteiger partial charge in [-0.2, -0.15) is 0 Å². The zero-order chi connectivity index (χ0) is 25.8. The maximum absolute atomic E-state index is 2.23. The van der Waals surface area contributed by atoms with Gasteiger partial charge in [-0.3, -0.25) is 0 Å². The van der Waals surface area contributed by atoms with E-state index in [1.807, 2.05) is 0 Å². The monoisotopic (exact) mass is 755 g/mol. The molecule has 0 heterocycles. The van der Waals surface area contributed by atoms with E-state index < -0.39 is 15.8 Å². The van der Waals surface area contributed by atoms with Gasteiger partial charge in [0.05, 0.1) is 0 Å². The van der Waals surface area contributed by atoms with Crippen molar-refractivity contribution >= 4 is 60.1 Å². The van der Waals surface area contributed by atoms with Crippen LogP contribution in [0.3, 0.4) is 0 Å². The van der Waals surface area contributed by atoms with Crippen LogP contribution >= 0.6 is 28.3 Å². The predicted octanol–water partition coefficient (Wildman–Crippen LogP) is 7.31. The molecule has 0 atom stereocenters. The first kappa shape index (κ1) is 31.7. The van der Waals surface area contributed by atoms with Gasteiger partial charge in [-0.25, -0.2) is 0 Å². The molecule has 0 bridgehead atoms. The summed E-state index contributed by atoms with van der Waals surface area (Å²) in [6.45, 7) is 0. The summed E-state index contributed by atoms with van der Waals surface area (Å²) in [6.07, 6.45) is 0. The molecule has 0 N–H and O–H groups in total. The third kappa shape index (κ3) is 8.58. The molecule has 40 heavy (non-hydrogen) atoms. The summed E-state index contributed by atoms with van der Waals surface area (Å²) < 4.78 is 0. The van der Waals surface area contributed by atoms with Crippen molar-refractivity contribution < 1.29 is 21.1 Å². The van der Waals surface area contributed by atoms with E-state index in [2.05, 4.69) is 182 Å². The fraction of sp³-hybridized carbons (Fsp3) is 0. The van der Waals surface area contributed by atoms with Crippen molar-refractivity contribution in [2.75, 3.05) is 0 Å². The van der Waals surface area contributed by atoms with E-state index >= 15 is 0 Å². The van der Waals surface area contributed by atoms with Crippen LogP contribution in [0.1, 0.15) is 0 Å². The van der Waals surface area contributed by atoms with E-state index in [9.17, 15) is 0 Å². The normalized spacial score (nSPS) is 10.1. The van der Waals surface area contributed by atoms with Crippen molar-refractivity contribution in [3.63, 3.8) is 0 Å². The molecule has 0 unspecified atom stereocenters. The summed E-state index contributed by atoms with van der Waals surface area (Å²) in [5.74, 6) is 0. The summed E-state index contributed by atoms with van der Waals surface area (Å²) in [5.41, 5.74) is 0. The first-order valence-electron chi connectivity index (χ1n) is 12.8. The molecule has 202 valence electrons. The van der Waals surface area contributed by atoms with Crippen LogP contribution in [0, 0.1) is 0 Å². The maximum atomic E-state index is 2.23. The van der Waals surface area contributed by atoms with Gasteiger partial charge in [0, 0.05) is 21.1 Å². The average molecular weight is 756 g/mol. The van der Waals surface area contributed by atoms with Crippen molar-refractivity contribution in [3.05, 3.63) is 182 Å². The zero-order valence-electron chi connectivity index (χ0n) is 21.9. The van der Waals surface area contributed by atoms with Gasteiger partial charge < -0.3 is 0 Å². The fourth-order valence-electron chi connectivity index (χ4n) is 4.36. The summed E-state index contributed by atoms with van der Waals surface area (Å²) in [7, 11) is -0.892. The van der Waals surface area contributed by atoms with Gasteiger partial charge in [0.15, 0.2) is 0 Å². The van der Waals surface area contributed by atoms with E-state index in [4.69, 9.17) is 0 Å². The minimum atomic E-state index is -0.446. The maximum Gasteiger partial charge on any atom is 0 e. The summed E-state index contributed by atoms with van der Waals surface area (Å²) in [6, 6.07) is 64.7. The Kier molecular flexibility index (Phi) is 13.5. The largest absolute Gasteiger partial charge is 0.147 e. The molecule has 6 aromatic carbocycles. The Morgan fingerprint density at radius 2 is 0.350 bits per heavy atom. The third-order valence-electron chi connectivity index (χ3n) is 6.09. The molecular weight excluding hydrogens is 725 g/mol. The van der Waals surface area contributed by atoms with Crippen molar-refractivity contribution in [2.24, 2.45) is 0 Å². The molecule has 0 aliphatic carbocycles. The number of hydrogen-bond acceptors (Lipinski definition) is 0. The average Bonchev–Trinajstić information content (AvgIpc) is 3.01. The molecule has 0 fully saturated rings. The Balaban J connectivity index is 0.000000210. The van der Waals surface area contributed by atoms with Crippen molar-refractivity contribution in [1.29, 1.82) is 0 Å². The van der Waals surface area contributed by atoms with Gasteiger partial charge in [-0.15, -0.1) is 12.4 Å². The number of halogens is 1. The van der Waals surface area contributed by atoms with Gasteiger partial charge in [-0.05, 0) is 47.7 Å². The minimum absolute atomic E-state index is 0. The van der Waals surface area contributed by atoms with Gasteiger partial charge in [-0.1, -0.05) is 182 Å². The van der Waals surface area contributed by atoms with E-state index in [1.165, 1.54) is 31.8 Å². The first-order valence-corrected chi connectivity index (χ1v) is 15.5. The second-order valence-corrected chi connectivity index (χ2v) is 13.1. The van der Waals surface area contributed by atoms with E-state index in [0.717, 1.165) is 0 Å². The molecule has 0 saturated heterocycles. The van der Waals surface area contributed by atoms with Crippen molar-refractivity contribution in [1.82, 2.24) is 0 Å². The van der Waals surface area contributed by atoms with Crippen LogP contribution < -0.4 is 31.8 Å². The second kappa shape index (κ2) is 17.1. The van der Waals surface area contributed by atoms with Crippen LogP contribution in [0.4, 0.5) is 0 Å². The second-order valence-electron chi connectivity index (χ2n) is 8.68. The molecule has 6 aromatic rings. The van der Waals surface area contributed by atoms with E-state index in [-0.39, 0.29) is 33.5 Å². The Bertz CT molecular complexity index is 1180. The minimum Gasteiger partial charge on any atom is -0.147 e. The van der Waals surface area contributed by atoms with Crippen LogP contribution in [0.15, 0.2) is 182 Å². The zero-order valence-corrected chi connectivity index (χ0v) is 26.8. The Morgan fingerprint density at radius 3 is 0.475 bits per heavy atom. The molecule has 6 rings (SSSR count). The Hall–Kier alpha value is -2.84. The van der Waals surface area contributed by atoms with Crippen molar-refractivity contribution in [3.8, 4) is 0 Å². The molecule has 0 nitrogen and oxygen atoms in total. The predicted molar refractivity (Wildman–Crippen MR) is 178 cm³/mol. The van der Waals surface area contributed by atoms with Crippen LogP contribution in [0.2, 0.25) is 0 Å². The molecule has 0 spiro atoms. The molecule has 0 aromatic heterocycles. The summed E-state index contributed by atoms with van der Waals surface area (Å²) >= 11 is 0. The summed E-state index contributed by atoms with van der Waals surface area (Å²) in [4.78, 5) is 0. The van der Waals surface area contributed by atoms with Gasteiger partial charge in [0.25, 0.3) is 0 Å². The quantitative estimate of drug-likeness (QED) is 0.157. The molecule has 0 radical (unpaired) electrons. The number of hydrogen-bond donors (Lipinski definition) is 0. The molecular formula is C36H31ClP2Pt. The molecule has 0 amide bonds. The topological polar surface area (TPSA) is 0 Å². The van der Waals surface area contributed by atoms with E-state index in [0.29, 0.717) is 0 Å². The Morgan fingerprint density at radius 1 is 0.225 bits per heavy atom. The standard InChI is InChI=1S/2C18H15P.ClH.Pt/c2*1-4-10-16(11-5-1)19(17-12-6-2-7-13-17)18-14-8-3-9-15-18;;/h2*1-15H;1H;. The molecule has 0 aliphatic heterocycles. The molecule has 4 heteroatoms. The van der Waals surface area contributed by atoms with Crippen molar-refractivity contribution in [2.45, 2.75) is 0 Å². The van der Waals surface area contributed by atoms with Crippen LogP contribution in [-0.4, -0.2) is 0 Å². The summed E-state index contributed by atoms with van der Waals surface area (Å²) in [5, 5.41) is 8.39.